The van der Waals surface area contributed by atoms with Crippen LogP contribution in [0.5, 0.6) is 0 Å². The second kappa shape index (κ2) is 6.10. The normalized spacial score (nSPS) is 35.6. The predicted molar refractivity (Wildman–Crippen MR) is 73.2 cm³/mol. The van der Waals surface area contributed by atoms with E-state index in [0.29, 0.717) is 38.8 Å². The Balaban J connectivity index is 1.95. The van der Waals surface area contributed by atoms with E-state index in [-0.39, 0.29) is 17.9 Å². The van der Waals surface area contributed by atoms with E-state index < -0.39 is 11.6 Å². The number of nitrogens with zero attached hydrogens (tertiary/aromatic N) is 1. The van der Waals surface area contributed by atoms with Crippen LogP contribution in [0.4, 0.5) is 0 Å². The highest BCUT2D eigenvalue weighted by Crippen LogP contribution is 2.33. The topological polar surface area (TPSA) is 89.9 Å². The molecule has 0 aromatic rings. The van der Waals surface area contributed by atoms with E-state index in [4.69, 9.17) is 5.11 Å². The fourth-order valence-corrected chi connectivity index (χ4v) is 3.33. The van der Waals surface area contributed by atoms with Gasteiger partial charge in [0.05, 0.1) is 17.6 Å². The third-order valence-corrected chi connectivity index (χ3v) is 4.59. The van der Waals surface area contributed by atoms with Gasteiger partial charge >= 0.3 is 5.97 Å². The first-order chi connectivity index (χ1) is 9.45. The maximum Gasteiger partial charge on any atom is 0.306 e. The summed E-state index contributed by atoms with van der Waals surface area (Å²) < 4.78 is 0. The standard InChI is InChI=1S/C14H24N2O4/c1-2-11-12(17)15-7-8-16(11)9-14(20)5-3-10(4-6-14)13(18)19/h10-11,20H,2-9H2,1H3,(H,15,17)(H,18,19). The number of aliphatic hydroxyl groups is 1. The van der Waals surface area contributed by atoms with E-state index in [9.17, 15) is 14.7 Å². The number of hydrogen-bond donors (Lipinski definition) is 3. The van der Waals surface area contributed by atoms with E-state index in [1.165, 1.54) is 0 Å². The zero-order valence-electron chi connectivity index (χ0n) is 12.0. The third kappa shape index (κ3) is 3.30. The maximum atomic E-state index is 11.8. The van der Waals surface area contributed by atoms with Crippen molar-refractivity contribution in [2.45, 2.75) is 50.7 Å². The molecule has 2 fully saturated rings. The van der Waals surface area contributed by atoms with Crippen molar-refractivity contribution in [2.24, 2.45) is 5.92 Å². The van der Waals surface area contributed by atoms with E-state index in [1.54, 1.807) is 0 Å². The Morgan fingerprint density at radius 3 is 2.65 bits per heavy atom. The van der Waals surface area contributed by atoms with Crippen molar-refractivity contribution in [2.75, 3.05) is 19.6 Å². The van der Waals surface area contributed by atoms with Gasteiger partial charge in [0.1, 0.15) is 0 Å². The fourth-order valence-electron chi connectivity index (χ4n) is 3.33. The van der Waals surface area contributed by atoms with Gasteiger partial charge in [-0.15, -0.1) is 0 Å². The number of nitrogens with one attached hydrogen (secondary N) is 1. The summed E-state index contributed by atoms with van der Waals surface area (Å²) in [6.07, 6.45) is 2.75. The highest BCUT2D eigenvalue weighted by atomic mass is 16.4. The molecule has 2 aliphatic rings. The Hall–Kier alpha value is -1.14. The minimum Gasteiger partial charge on any atom is -0.481 e. The van der Waals surface area contributed by atoms with Gasteiger partial charge in [0.2, 0.25) is 5.91 Å². The molecule has 1 amide bonds. The van der Waals surface area contributed by atoms with E-state index in [2.05, 4.69) is 5.32 Å². The molecule has 0 bridgehead atoms. The molecule has 1 aliphatic heterocycles. The number of amides is 1. The minimum atomic E-state index is -0.850. The molecule has 1 saturated carbocycles. The Morgan fingerprint density at radius 1 is 1.45 bits per heavy atom. The number of aliphatic carboxylic acids is 1. The van der Waals surface area contributed by atoms with Crippen LogP contribution in [0.15, 0.2) is 0 Å². The molecule has 0 radical (unpaired) electrons. The number of carboxylic acid groups (broad SMARTS) is 1. The molecule has 6 nitrogen and oxygen atoms in total. The fraction of sp³-hybridized carbons (Fsp3) is 0.857. The summed E-state index contributed by atoms with van der Waals surface area (Å²) in [7, 11) is 0. The molecule has 1 aliphatic carbocycles. The second-order valence-electron chi connectivity index (χ2n) is 6.02. The molecular formula is C14H24N2O4. The Kier molecular flexibility index (Phi) is 4.65. The first-order valence-corrected chi connectivity index (χ1v) is 7.42. The summed E-state index contributed by atoms with van der Waals surface area (Å²) >= 11 is 0. The zero-order chi connectivity index (χ0) is 14.8. The number of hydrogen-bond acceptors (Lipinski definition) is 4. The predicted octanol–water partition coefficient (Wildman–Crippen LogP) is 0.203. The monoisotopic (exact) mass is 284 g/mol. The van der Waals surface area contributed by atoms with Crippen LogP contribution in [-0.2, 0) is 9.59 Å². The average molecular weight is 284 g/mol. The van der Waals surface area contributed by atoms with Crippen LogP contribution in [0, 0.1) is 5.92 Å². The summed E-state index contributed by atoms with van der Waals surface area (Å²) in [4.78, 5) is 24.8. The molecule has 1 unspecified atom stereocenters. The number of carboxylic acids is 1. The smallest absolute Gasteiger partial charge is 0.306 e. The zero-order valence-corrected chi connectivity index (χ0v) is 12.0. The SMILES string of the molecule is CCC1C(=O)NCCN1CC1(O)CCC(C(=O)O)CC1. The molecule has 6 heteroatoms. The lowest BCUT2D eigenvalue weighted by Gasteiger charge is -2.42. The molecule has 0 spiro atoms. The van der Waals surface area contributed by atoms with Crippen LogP contribution in [-0.4, -0.2) is 58.3 Å². The van der Waals surface area contributed by atoms with Crippen molar-refractivity contribution in [1.29, 1.82) is 0 Å². The van der Waals surface area contributed by atoms with Crippen molar-refractivity contribution in [3.8, 4) is 0 Å². The number of β-amino-alcohol motifs (C(OH)–C–C–N with tert-alkyl or cyclic N) is 1. The first kappa shape index (κ1) is 15.3. The van der Waals surface area contributed by atoms with Gasteiger partial charge in [-0.25, -0.2) is 0 Å². The summed E-state index contributed by atoms with van der Waals surface area (Å²) in [5.41, 5.74) is -0.850. The van der Waals surface area contributed by atoms with Crippen LogP contribution in [0.25, 0.3) is 0 Å². The first-order valence-electron chi connectivity index (χ1n) is 7.42. The second-order valence-corrected chi connectivity index (χ2v) is 6.02. The van der Waals surface area contributed by atoms with Gasteiger partial charge in [0, 0.05) is 19.6 Å². The molecular weight excluding hydrogens is 260 g/mol. The molecule has 0 aromatic carbocycles. The lowest BCUT2D eigenvalue weighted by Crippen LogP contribution is -2.59. The lowest BCUT2D eigenvalue weighted by atomic mass is 9.78. The van der Waals surface area contributed by atoms with Gasteiger partial charge < -0.3 is 15.5 Å². The summed E-state index contributed by atoms with van der Waals surface area (Å²) in [5.74, 6) is -1.07. The molecule has 2 rings (SSSR count). The minimum absolute atomic E-state index is 0.0292. The Labute approximate surface area is 119 Å². The van der Waals surface area contributed by atoms with Crippen molar-refractivity contribution in [1.82, 2.24) is 10.2 Å². The lowest BCUT2D eigenvalue weighted by molar-refractivity contribution is -0.145. The van der Waals surface area contributed by atoms with Gasteiger partial charge in [-0.2, -0.15) is 0 Å². The molecule has 3 N–H and O–H groups in total. The average Bonchev–Trinajstić information content (AvgIpc) is 2.39. The van der Waals surface area contributed by atoms with Gasteiger partial charge in [0.25, 0.3) is 0 Å². The van der Waals surface area contributed by atoms with E-state index in [1.807, 2.05) is 11.8 Å². The van der Waals surface area contributed by atoms with Crippen LogP contribution >= 0.6 is 0 Å². The van der Waals surface area contributed by atoms with Gasteiger partial charge in [-0.1, -0.05) is 6.92 Å². The van der Waals surface area contributed by atoms with Crippen LogP contribution in [0.2, 0.25) is 0 Å². The third-order valence-electron chi connectivity index (χ3n) is 4.59. The number of piperazine rings is 1. The van der Waals surface area contributed by atoms with Crippen LogP contribution in [0.1, 0.15) is 39.0 Å². The van der Waals surface area contributed by atoms with Crippen LogP contribution in [0.3, 0.4) is 0 Å². The summed E-state index contributed by atoms with van der Waals surface area (Å²) in [6, 6.07) is -0.176. The molecule has 20 heavy (non-hydrogen) atoms. The highest BCUT2D eigenvalue weighted by Gasteiger charge is 2.39. The number of carbonyl (C=O) groups excluding carboxylic acids is 1. The Bertz CT molecular complexity index is 377. The van der Waals surface area contributed by atoms with Crippen molar-refractivity contribution in [3.63, 3.8) is 0 Å². The van der Waals surface area contributed by atoms with Crippen molar-refractivity contribution in [3.05, 3.63) is 0 Å². The number of carbonyl (C=O) groups is 2. The molecule has 1 heterocycles. The molecule has 0 aromatic heterocycles. The Morgan fingerprint density at radius 2 is 2.10 bits per heavy atom. The summed E-state index contributed by atoms with van der Waals surface area (Å²) in [6.45, 7) is 3.79. The van der Waals surface area contributed by atoms with Gasteiger partial charge in [-0.3, -0.25) is 14.5 Å². The maximum absolute atomic E-state index is 11.8. The summed E-state index contributed by atoms with van der Waals surface area (Å²) in [5, 5.41) is 22.5. The van der Waals surface area contributed by atoms with E-state index in [0.717, 1.165) is 13.0 Å². The number of rotatable bonds is 4. The van der Waals surface area contributed by atoms with Gasteiger partial charge in [-0.05, 0) is 32.1 Å². The van der Waals surface area contributed by atoms with E-state index >= 15 is 0 Å². The van der Waals surface area contributed by atoms with Gasteiger partial charge in [0.15, 0.2) is 0 Å². The van der Waals surface area contributed by atoms with Crippen LogP contribution < -0.4 is 5.32 Å². The van der Waals surface area contributed by atoms with Crippen molar-refractivity contribution < 1.29 is 19.8 Å². The van der Waals surface area contributed by atoms with Crippen molar-refractivity contribution >= 4 is 11.9 Å². The molecule has 1 saturated heterocycles. The molecule has 114 valence electrons. The highest BCUT2D eigenvalue weighted by molar-refractivity contribution is 5.82. The molecule has 1 atom stereocenters. The quantitative estimate of drug-likeness (QED) is 0.686. The largest absolute Gasteiger partial charge is 0.481 e.